The summed E-state index contributed by atoms with van der Waals surface area (Å²) in [5.41, 5.74) is 1.34. The third kappa shape index (κ3) is 4.40. The van der Waals surface area contributed by atoms with Crippen LogP contribution >= 0.6 is 0 Å². The Labute approximate surface area is 109 Å². The molecule has 1 rings (SSSR count). The molecule has 0 heterocycles. The molecule has 100 valence electrons. The van der Waals surface area contributed by atoms with Crippen LogP contribution in [0.15, 0.2) is 24.3 Å². The largest absolute Gasteiger partial charge is 0.545 e. The van der Waals surface area contributed by atoms with Gasteiger partial charge in [0.05, 0.1) is 5.97 Å². The summed E-state index contributed by atoms with van der Waals surface area (Å²) in [6, 6.07) is 6.98. The van der Waals surface area contributed by atoms with Crippen molar-refractivity contribution in [1.29, 1.82) is 0 Å². The summed E-state index contributed by atoms with van der Waals surface area (Å²) >= 11 is 0. The topological polar surface area (TPSA) is 43.4 Å². The second-order valence-electron chi connectivity index (χ2n) is 4.53. The summed E-state index contributed by atoms with van der Waals surface area (Å²) in [6.07, 6.45) is 4.65. The van der Waals surface area contributed by atoms with E-state index in [2.05, 4.69) is 18.7 Å². The monoisotopic (exact) mass is 248 g/mol. The first kappa shape index (κ1) is 14.6. The van der Waals surface area contributed by atoms with Crippen LogP contribution in [0, 0.1) is 0 Å². The zero-order valence-corrected chi connectivity index (χ0v) is 11.3. The van der Waals surface area contributed by atoms with Crippen LogP contribution in [0.5, 0.6) is 0 Å². The standard InChI is InChI=1S/C15H23NO2/c1-3-5-11-16(12-6-4-2)14-9-7-13(8-10-14)15(17)18/h7-10H,3-6,11-12H2,1-2H3,(H,17,18)/p-1. The summed E-state index contributed by atoms with van der Waals surface area (Å²) in [5, 5.41) is 10.7. The van der Waals surface area contributed by atoms with E-state index in [0.29, 0.717) is 0 Å². The van der Waals surface area contributed by atoms with Crippen LogP contribution in [0.4, 0.5) is 5.69 Å². The van der Waals surface area contributed by atoms with Crippen LogP contribution in [-0.4, -0.2) is 19.1 Å². The van der Waals surface area contributed by atoms with Gasteiger partial charge in [0.15, 0.2) is 0 Å². The van der Waals surface area contributed by atoms with Gasteiger partial charge in [0.1, 0.15) is 0 Å². The van der Waals surface area contributed by atoms with Gasteiger partial charge in [-0.15, -0.1) is 0 Å². The van der Waals surface area contributed by atoms with E-state index in [-0.39, 0.29) is 5.56 Å². The number of unbranched alkanes of at least 4 members (excludes halogenated alkanes) is 2. The third-order valence-corrected chi connectivity index (χ3v) is 3.03. The maximum atomic E-state index is 10.7. The Morgan fingerprint density at radius 3 is 1.94 bits per heavy atom. The molecule has 1 aromatic carbocycles. The molecule has 0 N–H and O–H groups in total. The molecule has 3 nitrogen and oxygen atoms in total. The van der Waals surface area contributed by atoms with E-state index in [0.717, 1.165) is 31.6 Å². The van der Waals surface area contributed by atoms with Crippen LogP contribution in [0.25, 0.3) is 0 Å². The molecule has 0 atom stereocenters. The van der Waals surface area contributed by atoms with Gasteiger partial charge in [-0.3, -0.25) is 0 Å². The highest BCUT2D eigenvalue weighted by molar-refractivity contribution is 5.86. The lowest BCUT2D eigenvalue weighted by Crippen LogP contribution is -2.26. The molecule has 0 aromatic heterocycles. The van der Waals surface area contributed by atoms with Crippen molar-refractivity contribution < 1.29 is 9.90 Å². The fourth-order valence-corrected chi connectivity index (χ4v) is 1.88. The van der Waals surface area contributed by atoms with Gasteiger partial charge in [-0.05, 0) is 30.5 Å². The highest BCUT2D eigenvalue weighted by Crippen LogP contribution is 2.16. The smallest absolute Gasteiger partial charge is 0.0715 e. The first-order valence-corrected chi connectivity index (χ1v) is 6.75. The number of anilines is 1. The minimum absolute atomic E-state index is 0.240. The molecule has 0 fully saturated rings. The average Bonchev–Trinajstić information content (AvgIpc) is 2.39. The molecule has 0 aliphatic rings. The van der Waals surface area contributed by atoms with Gasteiger partial charge in [-0.1, -0.05) is 38.8 Å². The lowest BCUT2D eigenvalue weighted by atomic mass is 10.1. The van der Waals surface area contributed by atoms with Crippen molar-refractivity contribution in [3.05, 3.63) is 29.8 Å². The summed E-state index contributed by atoms with van der Waals surface area (Å²) in [4.78, 5) is 13.0. The van der Waals surface area contributed by atoms with Gasteiger partial charge in [0, 0.05) is 18.8 Å². The Morgan fingerprint density at radius 2 is 1.56 bits per heavy atom. The van der Waals surface area contributed by atoms with E-state index < -0.39 is 5.97 Å². The van der Waals surface area contributed by atoms with Crippen molar-refractivity contribution in [2.45, 2.75) is 39.5 Å². The highest BCUT2D eigenvalue weighted by Gasteiger charge is 2.05. The molecule has 0 amide bonds. The van der Waals surface area contributed by atoms with Crippen LogP contribution in [0.1, 0.15) is 49.9 Å². The second kappa shape index (κ2) is 7.75. The summed E-state index contributed by atoms with van der Waals surface area (Å²) in [5.74, 6) is -1.12. The molecule has 1 aromatic rings. The Hall–Kier alpha value is -1.51. The summed E-state index contributed by atoms with van der Waals surface area (Å²) in [7, 11) is 0. The minimum Gasteiger partial charge on any atom is -0.545 e. The first-order chi connectivity index (χ1) is 8.69. The van der Waals surface area contributed by atoms with Gasteiger partial charge in [-0.25, -0.2) is 0 Å². The number of hydrogen-bond acceptors (Lipinski definition) is 3. The molecule has 0 radical (unpaired) electrons. The molecule has 0 bridgehead atoms. The molecule has 0 aliphatic carbocycles. The van der Waals surface area contributed by atoms with Crippen molar-refractivity contribution in [2.75, 3.05) is 18.0 Å². The SMILES string of the molecule is CCCCN(CCCC)c1ccc(C(=O)[O-])cc1. The van der Waals surface area contributed by atoms with Crippen LogP contribution < -0.4 is 10.0 Å². The molecule has 18 heavy (non-hydrogen) atoms. The molecule has 3 heteroatoms. The molecular formula is C15H22NO2-. The number of aromatic carboxylic acids is 1. The quantitative estimate of drug-likeness (QED) is 0.709. The Bertz CT molecular complexity index is 351. The second-order valence-corrected chi connectivity index (χ2v) is 4.53. The van der Waals surface area contributed by atoms with Crippen molar-refractivity contribution in [2.24, 2.45) is 0 Å². The molecule has 0 unspecified atom stereocenters. The van der Waals surface area contributed by atoms with Gasteiger partial charge in [-0.2, -0.15) is 0 Å². The minimum atomic E-state index is -1.12. The maximum absolute atomic E-state index is 10.7. The highest BCUT2D eigenvalue weighted by atomic mass is 16.4. The lowest BCUT2D eigenvalue weighted by Gasteiger charge is -2.25. The molecule has 0 saturated carbocycles. The van der Waals surface area contributed by atoms with E-state index >= 15 is 0 Å². The predicted molar refractivity (Wildman–Crippen MR) is 72.8 cm³/mol. The van der Waals surface area contributed by atoms with Gasteiger partial charge < -0.3 is 14.8 Å². The van der Waals surface area contributed by atoms with E-state index in [9.17, 15) is 9.90 Å². The average molecular weight is 248 g/mol. The van der Waals surface area contributed by atoms with Crippen molar-refractivity contribution in [3.8, 4) is 0 Å². The Kier molecular flexibility index (Phi) is 6.26. The van der Waals surface area contributed by atoms with E-state index in [1.807, 2.05) is 12.1 Å². The van der Waals surface area contributed by atoms with Gasteiger partial charge in [0.25, 0.3) is 0 Å². The molecule has 0 spiro atoms. The number of carbonyl (C=O) groups is 1. The normalized spacial score (nSPS) is 10.3. The number of benzene rings is 1. The first-order valence-electron chi connectivity index (χ1n) is 6.75. The van der Waals surface area contributed by atoms with Crippen LogP contribution in [-0.2, 0) is 0 Å². The zero-order valence-electron chi connectivity index (χ0n) is 11.3. The maximum Gasteiger partial charge on any atom is 0.0715 e. The van der Waals surface area contributed by atoms with Gasteiger partial charge >= 0.3 is 0 Å². The number of hydrogen-bond donors (Lipinski definition) is 0. The fraction of sp³-hybridized carbons (Fsp3) is 0.533. The van der Waals surface area contributed by atoms with Crippen molar-refractivity contribution in [1.82, 2.24) is 0 Å². The molecule has 0 saturated heterocycles. The third-order valence-electron chi connectivity index (χ3n) is 3.03. The zero-order chi connectivity index (χ0) is 13.4. The number of rotatable bonds is 8. The number of nitrogens with zero attached hydrogens (tertiary/aromatic N) is 1. The van der Waals surface area contributed by atoms with Gasteiger partial charge in [0.2, 0.25) is 0 Å². The van der Waals surface area contributed by atoms with Crippen molar-refractivity contribution >= 4 is 11.7 Å². The number of carboxylic acid groups (broad SMARTS) is 1. The van der Waals surface area contributed by atoms with Crippen LogP contribution in [0.2, 0.25) is 0 Å². The van der Waals surface area contributed by atoms with E-state index in [4.69, 9.17) is 0 Å². The van der Waals surface area contributed by atoms with Crippen LogP contribution in [0.3, 0.4) is 0 Å². The Morgan fingerprint density at radius 1 is 1.06 bits per heavy atom. The van der Waals surface area contributed by atoms with E-state index in [1.165, 1.54) is 12.8 Å². The number of carboxylic acids is 1. The number of carbonyl (C=O) groups excluding carboxylic acids is 1. The fourth-order valence-electron chi connectivity index (χ4n) is 1.88. The Balaban J connectivity index is 2.73. The molecule has 0 aliphatic heterocycles. The lowest BCUT2D eigenvalue weighted by molar-refractivity contribution is -0.255. The van der Waals surface area contributed by atoms with Crippen molar-refractivity contribution in [3.63, 3.8) is 0 Å². The summed E-state index contributed by atoms with van der Waals surface area (Å²) in [6.45, 7) is 6.41. The predicted octanol–water partition coefficient (Wildman–Crippen LogP) is 2.46. The molecular weight excluding hydrogens is 226 g/mol. The van der Waals surface area contributed by atoms with E-state index in [1.54, 1.807) is 12.1 Å². The summed E-state index contributed by atoms with van der Waals surface area (Å²) < 4.78 is 0.